The summed E-state index contributed by atoms with van der Waals surface area (Å²) in [6, 6.07) is 10.0. The van der Waals surface area contributed by atoms with Crippen molar-refractivity contribution >= 4 is 21.8 Å². The van der Waals surface area contributed by atoms with Gasteiger partial charge in [-0.3, -0.25) is 9.48 Å². The molecule has 2 aromatic rings. The molecule has 4 nitrogen and oxygen atoms in total. The van der Waals surface area contributed by atoms with Crippen LogP contribution in [0.5, 0.6) is 0 Å². The smallest absolute Gasteiger partial charge is 0.242 e. The summed E-state index contributed by atoms with van der Waals surface area (Å²) in [5.41, 5.74) is 1.61. The topological polar surface area (TPSA) is 46.9 Å². The number of hydrogen-bond acceptors (Lipinski definition) is 2. The first kappa shape index (κ1) is 12.4. The first-order chi connectivity index (χ1) is 9.15. The molecular weight excluding hydrogens is 306 g/mol. The molecule has 0 spiro atoms. The Morgan fingerprint density at radius 3 is 3.05 bits per heavy atom. The first-order valence-corrected chi connectivity index (χ1v) is 7.04. The highest BCUT2D eigenvalue weighted by molar-refractivity contribution is 9.10. The third-order valence-electron chi connectivity index (χ3n) is 3.65. The molecule has 2 heterocycles. The van der Waals surface area contributed by atoms with E-state index < -0.39 is 5.54 Å². The molecule has 1 aromatic heterocycles. The number of amides is 1. The van der Waals surface area contributed by atoms with Crippen molar-refractivity contribution in [2.75, 3.05) is 0 Å². The predicted molar refractivity (Wildman–Crippen MR) is 75.6 cm³/mol. The molecule has 1 atom stereocenters. The maximum atomic E-state index is 12.0. The van der Waals surface area contributed by atoms with E-state index in [0.717, 1.165) is 22.2 Å². The number of fused-ring (bicyclic) bond motifs is 1. The van der Waals surface area contributed by atoms with Crippen LogP contribution in [-0.4, -0.2) is 15.7 Å². The van der Waals surface area contributed by atoms with E-state index in [2.05, 4.69) is 33.3 Å². The van der Waals surface area contributed by atoms with E-state index >= 15 is 0 Å². The lowest BCUT2D eigenvalue weighted by Gasteiger charge is -2.38. The van der Waals surface area contributed by atoms with Gasteiger partial charge in [-0.2, -0.15) is 5.10 Å². The normalized spacial score (nSPS) is 21.9. The third kappa shape index (κ3) is 1.89. The van der Waals surface area contributed by atoms with E-state index in [-0.39, 0.29) is 12.5 Å². The van der Waals surface area contributed by atoms with Crippen LogP contribution in [-0.2, 0) is 16.9 Å². The van der Waals surface area contributed by atoms with Gasteiger partial charge in [-0.15, -0.1) is 0 Å². The highest BCUT2D eigenvalue weighted by atomic mass is 79.9. The quantitative estimate of drug-likeness (QED) is 0.924. The summed E-state index contributed by atoms with van der Waals surface area (Å²) in [4.78, 5) is 12.0. The van der Waals surface area contributed by atoms with Gasteiger partial charge >= 0.3 is 0 Å². The number of nitrogens with zero attached hydrogens (tertiary/aromatic N) is 2. The monoisotopic (exact) mass is 319 g/mol. The SMILES string of the molecule is CC[C@]1(c2cccc(Br)c2)NC(=O)Cn2nccc21. The molecule has 0 unspecified atom stereocenters. The molecule has 3 rings (SSSR count). The fraction of sp³-hybridized carbons (Fsp3) is 0.286. The van der Waals surface area contributed by atoms with Gasteiger partial charge in [0.15, 0.2) is 0 Å². The summed E-state index contributed by atoms with van der Waals surface area (Å²) >= 11 is 3.49. The zero-order valence-corrected chi connectivity index (χ0v) is 12.1. The van der Waals surface area contributed by atoms with Crippen molar-refractivity contribution in [3.8, 4) is 0 Å². The Balaban J connectivity index is 2.22. The van der Waals surface area contributed by atoms with Crippen molar-refractivity contribution in [3.63, 3.8) is 0 Å². The van der Waals surface area contributed by atoms with Crippen LogP contribution in [0.1, 0.15) is 24.6 Å². The molecule has 1 aromatic carbocycles. The van der Waals surface area contributed by atoms with E-state index in [1.165, 1.54) is 0 Å². The number of benzene rings is 1. The van der Waals surface area contributed by atoms with E-state index in [4.69, 9.17) is 0 Å². The Labute approximate surface area is 119 Å². The van der Waals surface area contributed by atoms with Crippen molar-refractivity contribution in [2.24, 2.45) is 0 Å². The van der Waals surface area contributed by atoms with Gasteiger partial charge in [0.2, 0.25) is 5.91 Å². The Hall–Kier alpha value is -1.62. The minimum Gasteiger partial charge on any atom is -0.339 e. The van der Waals surface area contributed by atoms with Crippen molar-refractivity contribution in [1.29, 1.82) is 0 Å². The largest absolute Gasteiger partial charge is 0.339 e. The molecule has 98 valence electrons. The molecule has 0 fully saturated rings. The molecule has 5 heteroatoms. The van der Waals surface area contributed by atoms with Crippen LogP contribution in [0.25, 0.3) is 0 Å². The van der Waals surface area contributed by atoms with Crippen LogP contribution in [0.2, 0.25) is 0 Å². The Morgan fingerprint density at radius 2 is 2.32 bits per heavy atom. The second-order valence-electron chi connectivity index (χ2n) is 4.69. The highest BCUT2D eigenvalue weighted by Crippen LogP contribution is 2.35. The van der Waals surface area contributed by atoms with Gasteiger partial charge in [0.05, 0.1) is 5.69 Å². The maximum absolute atomic E-state index is 12.0. The summed E-state index contributed by atoms with van der Waals surface area (Å²) in [5.74, 6) is -0.00183. The lowest BCUT2D eigenvalue weighted by Crippen LogP contribution is -2.53. The summed E-state index contributed by atoms with van der Waals surface area (Å²) in [7, 11) is 0. The minimum atomic E-state index is -0.490. The summed E-state index contributed by atoms with van der Waals surface area (Å²) in [6.07, 6.45) is 2.53. The van der Waals surface area contributed by atoms with Gasteiger partial charge in [-0.1, -0.05) is 35.0 Å². The van der Waals surface area contributed by atoms with Crippen LogP contribution in [0, 0.1) is 0 Å². The van der Waals surface area contributed by atoms with Crippen molar-refractivity contribution in [3.05, 3.63) is 52.3 Å². The zero-order valence-electron chi connectivity index (χ0n) is 10.6. The second-order valence-corrected chi connectivity index (χ2v) is 5.61. The number of nitrogens with one attached hydrogen (secondary N) is 1. The van der Waals surface area contributed by atoms with Gasteiger partial charge < -0.3 is 5.32 Å². The van der Waals surface area contributed by atoms with E-state index in [1.807, 2.05) is 30.3 Å². The van der Waals surface area contributed by atoms with Crippen molar-refractivity contribution in [1.82, 2.24) is 15.1 Å². The molecule has 1 amide bonds. The molecule has 1 aliphatic rings. The molecule has 0 bridgehead atoms. The highest BCUT2D eigenvalue weighted by Gasteiger charge is 2.40. The van der Waals surface area contributed by atoms with Crippen LogP contribution in [0.3, 0.4) is 0 Å². The Bertz CT molecular complexity index is 637. The standard InChI is InChI=1S/C14H14BrN3O/c1-2-14(10-4-3-5-11(15)8-10)12-6-7-16-18(12)9-13(19)17-14/h3-8H,2,9H2,1H3,(H,17,19)/t14-/m1/s1. The average Bonchev–Trinajstić information content (AvgIpc) is 2.86. The lowest BCUT2D eigenvalue weighted by molar-refractivity contribution is -0.125. The molecule has 1 aliphatic heterocycles. The van der Waals surface area contributed by atoms with E-state index in [0.29, 0.717) is 0 Å². The fourth-order valence-corrected chi connectivity index (χ4v) is 3.15. The molecule has 0 aliphatic carbocycles. The second kappa shape index (κ2) is 4.49. The Morgan fingerprint density at radius 1 is 1.47 bits per heavy atom. The molecular formula is C14H14BrN3O. The van der Waals surface area contributed by atoms with Crippen LogP contribution >= 0.6 is 15.9 Å². The van der Waals surface area contributed by atoms with Gasteiger partial charge in [-0.05, 0) is 30.2 Å². The summed E-state index contributed by atoms with van der Waals surface area (Å²) in [6.45, 7) is 2.36. The molecule has 19 heavy (non-hydrogen) atoms. The molecule has 0 radical (unpaired) electrons. The van der Waals surface area contributed by atoms with Crippen molar-refractivity contribution in [2.45, 2.75) is 25.4 Å². The average molecular weight is 320 g/mol. The third-order valence-corrected chi connectivity index (χ3v) is 4.14. The predicted octanol–water partition coefficient (Wildman–Crippen LogP) is 2.43. The number of aromatic nitrogens is 2. The number of rotatable bonds is 2. The van der Waals surface area contributed by atoms with Crippen LogP contribution in [0.15, 0.2) is 41.0 Å². The lowest BCUT2D eigenvalue weighted by atomic mass is 9.82. The number of hydrogen-bond donors (Lipinski definition) is 1. The van der Waals surface area contributed by atoms with Gasteiger partial charge in [0, 0.05) is 10.7 Å². The number of halogens is 1. The van der Waals surface area contributed by atoms with E-state index in [1.54, 1.807) is 10.9 Å². The van der Waals surface area contributed by atoms with E-state index in [9.17, 15) is 4.79 Å². The molecule has 0 saturated heterocycles. The van der Waals surface area contributed by atoms with Gasteiger partial charge in [0.25, 0.3) is 0 Å². The van der Waals surface area contributed by atoms with Crippen LogP contribution in [0.4, 0.5) is 0 Å². The molecule has 1 N–H and O–H groups in total. The summed E-state index contributed by atoms with van der Waals surface area (Å²) < 4.78 is 2.78. The van der Waals surface area contributed by atoms with Crippen LogP contribution < -0.4 is 5.32 Å². The summed E-state index contributed by atoms with van der Waals surface area (Å²) in [5, 5.41) is 7.39. The first-order valence-electron chi connectivity index (χ1n) is 6.25. The fourth-order valence-electron chi connectivity index (χ4n) is 2.75. The van der Waals surface area contributed by atoms with Gasteiger partial charge in [0.1, 0.15) is 12.1 Å². The zero-order chi connectivity index (χ0) is 13.5. The maximum Gasteiger partial charge on any atom is 0.242 e. The number of carbonyl (C=O) groups excluding carboxylic acids is 1. The molecule has 0 saturated carbocycles. The van der Waals surface area contributed by atoms with Crippen molar-refractivity contribution < 1.29 is 4.79 Å². The Kier molecular flexibility index (Phi) is 2.93. The number of carbonyl (C=O) groups is 1. The minimum absolute atomic E-state index is 0.00183. The van der Waals surface area contributed by atoms with Gasteiger partial charge in [-0.25, -0.2) is 0 Å².